The van der Waals surface area contributed by atoms with Crippen molar-refractivity contribution in [2.24, 2.45) is 10.2 Å². The maximum absolute atomic E-state index is 5.66. The van der Waals surface area contributed by atoms with Crippen LogP contribution >= 0.6 is 0 Å². The van der Waals surface area contributed by atoms with Gasteiger partial charge >= 0.3 is 5.95 Å². The van der Waals surface area contributed by atoms with E-state index in [9.17, 15) is 0 Å². The predicted molar refractivity (Wildman–Crippen MR) is 78.3 cm³/mol. The van der Waals surface area contributed by atoms with Crippen LogP contribution < -0.4 is 10.3 Å². The zero-order valence-corrected chi connectivity index (χ0v) is 11.3. The maximum Gasteiger partial charge on any atom is 0.426 e. The van der Waals surface area contributed by atoms with Gasteiger partial charge in [0, 0.05) is 10.8 Å². The Morgan fingerprint density at radius 3 is 2.65 bits per heavy atom. The highest BCUT2D eigenvalue weighted by atomic mass is 15.3. The Morgan fingerprint density at radius 2 is 1.90 bits per heavy atom. The van der Waals surface area contributed by atoms with Gasteiger partial charge in [-0.25, -0.2) is 4.57 Å². The number of anilines is 1. The molecule has 20 heavy (non-hydrogen) atoms. The highest BCUT2D eigenvalue weighted by Gasteiger charge is 2.15. The summed E-state index contributed by atoms with van der Waals surface area (Å²) in [5.41, 5.74) is 8.26. The number of rotatable bonds is 3. The molecule has 1 aromatic carbocycles. The molecule has 0 saturated carbocycles. The molecule has 0 bridgehead atoms. The van der Waals surface area contributed by atoms with E-state index in [-0.39, 0.29) is 0 Å². The molecule has 0 unspecified atom stereocenters. The number of hydrogen-bond donors (Lipinski definition) is 1. The number of imidazole rings is 1. The molecular weight excluding hydrogens is 250 g/mol. The van der Waals surface area contributed by atoms with Gasteiger partial charge in [0.1, 0.15) is 17.4 Å². The Bertz CT molecular complexity index is 756. The first-order valence-corrected chi connectivity index (χ1v) is 6.55. The minimum Gasteiger partial charge on any atom is -0.399 e. The van der Waals surface area contributed by atoms with E-state index in [0.717, 1.165) is 29.4 Å². The molecule has 0 radical (unpaired) electrons. The Kier molecular flexibility index (Phi) is 3.16. The molecule has 0 amide bonds. The van der Waals surface area contributed by atoms with E-state index < -0.39 is 0 Å². The molecule has 2 N–H and O–H groups in total. The van der Waals surface area contributed by atoms with E-state index in [1.165, 1.54) is 0 Å². The number of nitrogen functional groups attached to an aromatic ring is 1. The van der Waals surface area contributed by atoms with Gasteiger partial charge in [-0.1, -0.05) is 11.2 Å². The van der Waals surface area contributed by atoms with Crippen LogP contribution in [0.1, 0.15) is 6.92 Å². The molecule has 0 aliphatic carbocycles. The molecule has 5 nitrogen and oxygen atoms in total. The van der Waals surface area contributed by atoms with Gasteiger partial charge in [0.2, 0.25) is 0 Å². The summed E-state index contributed by atoms with van der Waals surface area (Å²) in [6.07, 6.45) is 4.05. The van der Waals surface area contributed by atoms with E-state index in [0.29, 0.717) is 0 Å². The number of nitrogens with zero attached hydrogens (tertiary/aromatic N) is 4. The van der Waals surface area contributed by atoms with E-state index >= 15 is 0 Å². The maximum atomic E-state index is 5.66. The first kappa shape index (κ1) is 12.3. The van der Waals surface area contributed by atoms with Crippen LogP contribution in [0.2, 0.25) is 0 Å². The highest BCUT2D eigenvalue weighted by molar-refractivity contribution is 5.48. The SMILES string of the molecule is CC[n+]1cc2ccccn2c1N=Nc1ccc(N)cc1. The van der Waals surface area contributed by atoms with E-state index in [1.807, 2.05) is 53.1 Å². The second kappa shape index (κ2) is 5.13. The summed E-state index contributed by atoms with van der Waals surface area (Å²) < 4.78 is 4.08. The van der Waals surface area contributed by atoms with Crippen LogP contribution in [0.25, 0.3) is 5.52 Å². The lowest BCUT2D eigenvalue weighted by atomic mass is 10.3. The molecule has 0 saturated heterocycles. The van der Waals surface area contributed by atoms with Crippen molar-refractivity contribution in [2.45, 2.75) is 13.5 Å². The molecule has 100 valence electrons. The molecule has 0 aliphatic heterocycles. The van der Waals surface area contributed by atoms with Gasteiger partial charge in [0.15, 0.2) is 0 Å². The normalized spacial score (nSPS) is 11.4. The molecule has 0 spiro atoms. The molecule has 0 atom stereocenters. The standard InChI is InChI=1S/C15H15N5/c1-2-19-11-14-5-3-4-10-20(14)15(19)18-17-13-8-6-12(16)7-9-13/h3-11,16H,2H2,1H3/p+1. The zero-order valence-electron chi connectivity index (χ0n) is 11.3. The van der Waals surface area contributed by atoms with Crippen LogP contribution in [0.4, 0.5) is 17.3 Å². The van der Waals surface area contributed by atoms with Crippen LogP contribution in [0.15, 0.2) is 65.1 Å². The summed E-state index contributed by atoms with van der Waals surface area (Å²) in [7, 11) is 0. The summed E-state index contributed by atoms with van der Waals surface area (Å²) in [6.45, 7) is 2.93. The fourth-order valence-electron chi connectivity index (χ4n) is 2.08. The number of aromatic nitrogens is 2. The Morgan fingerprint density at radius 1 is 1.10 bits per heavy atom. The summed E-state index contributed by atoms with van der Waals surface area (Å²) in [5.74, 6) is 0.805. The van der Waals surface area contributed by atoms with E-state index in [1.54, 1.807) is 0 Å². The van der Waals surface area contributed by atoms with Crippen molar-refractivity contribution < 1.29 is 4.57 Å². The lowest BCUT2D eigenvalue weighted by Gasteiger charge is -1.92. The molecular formula is C15H16N5+. The van der Waals surface area contributed by atoms with Crippen molar-refractivity contribution in [1.29, 1.82) is 0 Å². The quantitative estimate of drug-likeness (QED) is 0.441. The van der Waals surface area contributed by atoms with E-state index in [4.69, 9.17) is 5.73 Å². The van der Waals surface area contributed by atoms with Crippen molar-refractivity contribution in [1.82, 2.24) is 4.40 Å². The zero-order chi connectivity index (χ0) is 13.9. The third-order valence-electron chi connectivity index (χ3n) is 3.14. The van der Waals surface area contributed by atoms with Gasteiger partial charge < -0.3 is 5.73 Å². The van der Waals surface area contributed by atoms with Crippen molar-refractivity contribution in [3.63, 3.8) is 0 Å². The fourth-order valence-corrected chi connectivity index (χ4v) is 2.08. The van der Waals surface area contributed by atoms with Gasteiger partial charge in [0.05, 0.1) is 12.7 Å². The lowest BCUT2D eigenvalue weighted by molar-refractivity contribution is -0.679. The summed E-state index contributed by atoms with van der Waals surface area (Å²) >= 11 is 0. The fraction of sp³-hybridized carbons (Fsp3) is 0.133. The molecule has 0 aliphatic rings. The monoisotopic (exact) mass is 266 g/mol. The van der Waals surface area contributed by atoms with Crippen LogP contribution in [-0.4, -0.2) is 4.40 Å². The van der Waals surface area contributed by atoms with Crippen molar-refractivity contribution in [3.05, 3.63) is 54.9 Å². The Balaban J connectivity index is 2.03. The van der Waals surface area contributed by atoms with Gasteiger partial charge in [-0.3, -0.25) is 0 Å². The predicted octanol–water partition coefficient (Wildman–Crippen LogP) is 3.24. The van der Waals surface area contributed by atoms with Crippen LogP contribution in [0.3, 0.4) is 0 Å². The number of fused-ring (bicyclic) bond motifs is 1. The lowest BCUT2D eigenvalue weighted by Crippen LogP contribution is -2.29. The van der Waals surface area contributed by atoms with Crippen LogP contribution in [0, 0.1) is 0 Å². The summed E-state index contributed by atoms with van der Waals surface area (Å²) in [4.78, 5) is 0. The van der Waals surface area contributed by atoms with Gasteiger partial charge in [0.25, 0.3) is 0 Å². The number of benzene rings is 1. The highest BCUT2D eigenvalue weighted by Crippen LogP contribution is 2.18. The van der Waals surface area contributed by atoms with Gasteiger partial charge in [-0.05, 0) is 43.3 Å². The van der Waals surface area contributed by atoms with Crippen LogP contribution in [0.5, 0.6) is 0 Å². The number of nitrogens with two attached hydrogens (primary N) is 1. The molecule has 3 rings (SSSR count). The minimum atomic E-state index is 0.723. The van der Waals surface area contributed by atoms with Gasteiger partial charge in [-0.2, -0.15) is 4.40 Å². The summed E-state index contributed by atoms with van der Waals surface area (Å²) in [5, 5.41) is 8.65. The largest absolute Gasteiger partial charge is 0.426 e. The average molecular weight is 266 g/mol. The second-order valence-corrected chi connectivity index (χ2v) is 4.50. The second-order valence-electron chi connectivity index (χ2n) is 4.50. The van der Waals surface area contributed by atoms with Crippen molar-refractivity contribution in [3.8, 4) is 0 Å². The third-order valence-corrected chi connectivity index (χ3v) is 3.14. The average Bonchev–Trinajstić information content (AvgIpc) is 2.84. The van der Waals surface area contributed by atoms with E-state index in [2.05, 4.69) is 27.9 Å². The number of azo groups is 1. The third kappa shape index (κ3) is 2.25. The molecule has 0 fully saturated rings. The van der Waals surface area contributed by atoms with Crippen LogP contribution in [-0.2, 0) is 6.54 Å². The minimum absolute atomic E-state index is 0.723. The first-order valence-electron chi connectivity index (χ1n) is 6.55. The topological polar surface area (TPSA) is 59.0 Å². The number of hydrogen-bond acceptors (Lipinski definition) is 3. The number of aryl methyl sites for hydroxylation is 1. The molecule has 2 heterocycles. The van der Waals surface area contributed by atoms with Crippen molar-refractivity contribution >= 4 is 22.8 Å². The first-order chi connectivity index (χ1) is 9.78. The van der Waals surface area contributed by atoms with Gasteiger partial charge in [-0.15, -0.1) is 0 Å². The molecule has 2 aromatic heterocycles. The number of pyridine rings is 1. The Labute approximate surface area is 117 Å². The molecule has 5 heteroatoms. The Hall–Kier alpha value is -2.69. The summed E-state index contributed by atoms with van der Waals surface area (Å²) in [6, 6.07) is 13.4. The van der Waals surface area contributed by atoms with Crippen molar-refractivity contribution in [2.75, 3.05) is 5.73 Å². The molecule has 3 aromatic rings. The smallest absolute Gasteiger partial charge is 0.399 e.